The van der Waals surface area contributed by atoms with Crippen LogP contribution in [0.15, 0.2) is 0 Å². The second-order valence-electron chi connectivity index (χ2n) is 24.6. The van der Waals surface area contributed by atoms with Crippen molar-refractivity contribution in [2.75, 3.05) is 78.5 Å². The molecule has 8 rings (SSSR count). The van der Waals surface area contributed by atoms with E-state index >= 15 is 0 Å². The Morgan fingerprint density at radius 2 is 0.683 bits per heavy atom. The Balaban J connectivity index is 0.000000152. The Kier molecular flexibility index (Phi) is 16.5. The summed E-state index contributed by atoms with van der Waals surface area (Å²) in [6.45, 7) is 38.2. The van der Waals surface area contributed by atoms with Gasteiger partial charge in [-0.05, 0) is 107 Å². The second kappa shape index (κ2) is 20.2. The van der Waals surface area contributed by atoms with Crippen molar-refractivity contribution in [3.8, 4) is 0 Å². The molecule has 11 heteroatoms. The first-order chi connectivity index (χ1) is 27.8. The minimum Gasteiger partial charge on any atom is -0.352 e. The van der Waals surface area contributed by atoms with Crippen LogP contribution in [0.25, 0.3) is 0 Å². The maximum atomic E-state index is 11.9. The lowest BCUT2D eigenvalue weighted by Gasteiger charge is -2.32. The fraction of sp³-hybridized carbons (Fsp3) is 0.918. The van der Waals surface area contributed by atoms with Gasteiger partial charge in [0.15, 0.2) is 0 Å². The monoisotopic (exact) mass is 840 g/mol. The third kappa shape index (κ3) is 15.0. The summed E-state index contributed by atoms with van der Waals surface area (Å²) in [6, 6.07) is 1.16. The molecule has 0 aliphatic carbocycles. The van der Waals surface area contributed by atoms with Crippen molar-refractivity contribution >= 4 is 23.5 Å². The number of amides is 3. The molecule has 0 aromatic carbocycles. The fourth-order valence-electron chi connectivity index (χ4n) is 10.6. The predicted octanol–water partition coefficient (Wildman–Crippen LogP) is 6.06. The number of hydrogen-bond acceptors (Lipinski definition) is 8. The van der Waals surface area contributed by atoms with Gasteiger partial charge in [0.05, 0.1) is 0 Å². The standard InChI is InChI=1S/C13H23NO.3C12H22N2O/c1-13(2,3)12(15)7-11-6-10-4-5-14(8-10)9-11;3*1-12(2,3)11(15)13-10-6-9-4-5-14(7-9)8-10/h10-11H,4-9H2,1-3H3;3*9-10H,4-8H2,1-3H3,(H,13,15)/t10?,11-;3*9?,10-/m0100/s1. The molecule has 8 saturated heterocycles. The topological polar surface area (TPSA) is 117 Å². The molecule has 8 fully saturated rings. The maximum Gasteiger partial charge on any atom is 0.225 e. The number of carbonyl (C=O) groups excluding carboxylic acids is 4. The van der Waals surface area contributed by atoms with Crippen molar-refractivity contribution in [3.63, 3.8) is 0 Å². The number of rotatable bonds is 5. The first-order valence-electron chi connectivity index (χ1n) is 24.2. The molecule has 8 unspecified atom stereocenters. The van der Waals surface area contributed by atoms with E-state index in [2.05, 4.69) is 35.6 Å². The van der Waals surface area contributed by atoms with Gasteiger partial charge in [-0.1, -0.05) is 83.1 Å². The number of Topliss-reactive ketones (excluding diaryl/α,β-unsaturated/α-hetero) is 1. The SMILES string of the molecule is CC(C)(C)C(=O)C[C@@H]1CC2CCN(C2)C1.CC(C)(C)C(=O)N[C@@H]1CC2CCN(C2)C1.CC(C)(C)C(=O)N[C@H]1CC2CCN(C2)C1.CC(C)(C)C(=O)N[C@H]1CC2CCN(C2)C1. The van der Waals surface area contributed by atoms with Gasteiger partial charge in [-0.3, -0.25) is 19.2 Å². The van der Waals surface area contributed by atoms with Crippen LogP contribution in [0.2, 0.25) is 0 Å². The zero-order chi connectivity index (χ0) is 44.2. The Bertz CT molecular complexity index is 1190. The van der Waals surface area contributed by atoms with Gasteiger partial charge in [-0.15, -0.1) is 0 Å². The lowest BCUT2D eigenvalue weighted by Crippen LogP contribution is -2.49. The molecule has 8 bridgehead atoms. The average molecular weight is 840 g/mol. The van der Waals surface area contributed by atoms with Gasteiger partial charge in [-0.2, -0.15) is 0 Å². The van der Waals surface area contributed by atoms with E-state index in [1.54, 1.807) is 0 Å². The molecule has 3 amide bonds. The summed E-state index contributed by atoms with van der Waals surface area (Å²) in [6.07, 6.45) is 11.0. The molecule has 0 aromatic heterocycles. The molecular formula is C49H89N7O4. The third-order valence-corrected chi connectivity index (χ3v) is 14.3. The number of piperidine rings is 4. The van der Waals surface area contributed by atoms with E-state index in [0.717, 1.165) is 49.7 Å². The number of fused-ring (bicyclic) bond motifs is 8. The van der Waals surface area contributed by atoms with Crippen molar-refractivity contribution < 1.29 is 19.2 Å². The van der Waals surface area contributed by atoms with Crippen LogP contribution in [-0.4, -0.2) is 140 Å². The molecule has 8 aliphatic heterocycles. The van der Waals surface area contributed by atoms with Crippen LogP contribution in [-0.2, 0) is 19.2 Å². The Morgan fingerprint density at radius 1 is 0.400 bits per heavy atom. The summed E-state index contributed by atoms with van der Waals surface area (Å²) >= 11 is 0. The van der Waals surface area contributed by atoms with Crippen molar-refractivity contribution in [1.29, 1.82) is 0 Å². The normalized spacial score (nSPS) is 35.3. The van der Waals surface area contributed by atoms with Crippen molar-refractivity contribution in [3.05, 3.63) is 0 Å². The van der Waals surface area contributed by atoms with Crippen LogP contribution in [0.3, 0.4) is 0 Å². The zero-order valence-corrected chi connectivity index (χ0v) is 40.4. The van der Waals surface area contributed by atoms with E-state index in [9.17, 15) is 19.2 Å². The Labute approximate surface area is 366 Å². The smallest absolute Gasteiger partial charge is 0.225 e. The zero-order valence-electron chi connectivity index (χ0n) is 40.4. The number of hydrogen-bond donors (Lipinski definition) is 3. The quantitative estimate of drug-likeness (QED) is 0.306. The molecule has 3 N–H and O–H groups in total. The summed E-state index contributed by atoms with van der Waals surface area (Å²) in [5, 5.41) is 9.54. The molecule has 60 heavy (non-hydrogen) atoms. The van der Waals surface area contributed by atoms with E-state index in [1.165, 1.54) is 110 Å². The molecule has 0 spiro atoms. The molecule has 0 aromatic rings. The average Bonchev–Trinajstić information content (AvgIpc) is 3.87. The van der Waals surface area contributed by atoms with E-state index in [1.807, 2.05) is 83.1 Å². The molecule has 12 atom stereocenters. The third-order valence-electron chi connectivity index (χ3n) is 14.3. The van der Waals surface area contributed by atoms with Crippen LogP contribution in [0, 0.1) is 51.2 Å². The van der Waals surface area contributed by atoms with Crippen LogP contribution in [0.4, 0.5) is 0 Å². The van der Waals surface area contributed by atoms with Crippen molar-refractivity contribution in [2.45, 2.75) is 159 Å². The minimum atomic E-state index is -0.258. The molecular weight excluding hydrogens is 751 g/mol. The number of carbonyl (C=O) groups is 4. The molecule has 0 radical (unpaired) electrons. The summed E-state index contributed by atoms with van der Waals surface area (Å²) in [4.78, 5) is 57.4. The molecule has 8 heterocycles. The molecule has 8 aliphatic rings. The summed E-state index contributed by atoms with van der Waals surface area (Å²) < 4.78 is 0. The minimum absolute atomic E-state index is 0.147. The first-order valence-corrected chi connectivity index (χ1v) is 24.2. The van der Waals surface area contributed by atoms with E-state index in [0.29, 0.717) is 29.8 Å². The van der Waals surface area contributed by atoms with Crippen LogP contribution >= 0.6 is 0 Å². The molecule has 0 saturated carbocycles. The highest BCUT2D eigenvalue weighted by Gasteiger charge is 2.38. The fourth-order valence-corrected chi connectivity index (χ4v) is 10.6. The van der Waals surface area contributed by atoms with E-state index in [4.69, 9.17) is 0 Å². The van der Waals surface area contributed by atoms with Gasteiger partial charge < -0.3 is 35.6 Å². The summed E-state index contributed by atoms with van der Waals surface area (Å²) in [7, 11) is 0. The largest absolute Gasteiger partial charge is 0.352 e. The summed E-state index contributed by atoms with van der Waals surface area (Å²) in [5.41, 5.74) is -0.921. The second-order valence-corrected chi connectivity index (χ2v) is 24.6. The predicted molar refractivity (Wildman–Crippen MR) is 243 cm³/mol. The molecule has 11 nitrogen and oxygen atoms in total. The highest BCUT2D eigenvalue weighted by atomic mass is 16.2. The maximum absolute atomic E-state index is 11.9. The van der Waals surface area contributed by atoms with Gasteiger partial charge in [0.1, 0.15) is 5.78 Å². The van der Waals surface area contributed by atoms with Gasteiger partial charge in [0.2, 0.25) is 17.7 Å². The van der Waals surface area contributed by atoms with Crippen LogP contribution < -0.4 is 16.0 Å². The highest BCUT2D eigenvalue weighted by Crippen LogP contribution is 2.34. The van der Waals surface area contributed by atoms with Gasteiger partial charge in [-0.25, -0.2) is 0 Å². The summed E-state index contributed by atoms with van der Waals surface area (Å²) in [5.74, 6) is 5.00. The van der Waals surface area contributed by atoms with Crippen molar-refractivity contribution in [2.24, 2.45) is 51.2 Å². The number of ketones is 1. The Hall–Kier alpha value is -2.08. The first kappa shape index (κ1) is 48.9. The van der Waals surface area contributed by atoms with Crippen LogP contribution in [0.1, 0.15) is 141 Å². The Morgan fingerprint density at radius 3 is 0.933 bits per heavy atom. The number of nitrogens with zero attached hydrogens (tertiary/aromatic N) is 4. The van der Waals surface area contributed by atoms with E-state index in [-0.39, 0.29) is 39.4 Å². The van der Waals surface area contributed by atoms with Crippen molar-refractivity contribution in [1.82, 2.24) is 35.6 Å². The number of nitrogens with one attached hydrogen (secondary N) is 3. The molecule has 344 valence electrons. The van der Waals surface area contributed by atoms with Crippen LogP contribution in [0.5, 0.6) is 0 Å². The van der Waals surface area contributed by atoms with Gasteiger partial charge in [0.25, 0.3) is 0 Å². The van der Waals surface area contributed by atoms with Gasteiger partial charge in [0, 0.05) is 98.6 Å². The lowest BCUT2D eigenvalue weighted by atomic mass is 9.81. The van der Waals surface area contributed by atoms with Gasteiger partial charge >= 0.3 is 0 Å². The highest BCUT2D eigenvalue weighted by molar-refractivity contribution is 5.84. The lowest BCUT2D eigenvalue weighted by molar-refractivity contribution is -0.130. The van der Waals surface area contributed by atoms with E-state index < -0.39 is 0 Å².